The van der Waals surface area contributed by atoms with E-state index in [1.807, 2.05) is 0 Å². The highest BCUT2D eigenvalue weighted by Gasteiger charge is 2.82. The molecule has 5 nitrogen and oxygen atoms in total. The lowest BCUT2D eigenvalue weighted by Gasteiger charge is -2.71. The van der Waals surface area contributed by atoms with Gasteiger partial charge in [-0.05, 0) is 94.9 Å². The number of carbonyl (C=O) groups excluding carboxylic acids is 1. The van der Waals surface area contributed by atoms with Crippen LogP contribution in [0.4, 0.5) is 0 Å². The van der Waals surface area contributed by atoms with Gasteiger partial charge in [0, 0.05) is 31.8 Å². The highest BCUT2D eigenvalue weighted by atomic mass is 28.4. The Balaban J connectivity index is 1.60. The molecule has 2 saturated heterocycles. The number of allylic oxidation sites excluding steroid dienone is 2. The van der Waals surface area contributed by atoms with Crippen molar-refractivity contribution in [1.82, 2.24) is 0 Å². The van der Waals surface area contributed by atoms with E-state index >= 15 is 0 Å². The molecule has 0 aromatic heterocycles. The van der Waals surface area contributed by atoms with E-state index in [0.29, 0.717) is 18.3 Å². The van der Waals surface area contributed by atoms with Gasteiger partial charge < -0.3 is 18.3 Å². The Morgan fingerprint density at radius 3 is 2.34 bits per heavy atom. The van der Waals surface area contributed by atoms with Gasteiger partial charge >= 0.3 is 0 Å². The molecule has 194 valence electrons. The molecular formula is C28H44O5Si2. The number of carbonyl (C=O) groups is 1. The minimum atomic E-state index is -2.02. The fourth-order valence-electron chi connectivity index (χ4n) is 9.26. The van der Waals surface area contributed by atoms with E-state index < -0.39 is 39.0 Å². The van der Waals surface area contributed by atoms with Crippen LogP contribution >= 0.6 is 0 Å². The first kappa shape index (κ1) is 24.6. The zero-order valence-corrected chi connectivity index (χ0v) is 25.0. The zero-order valence-electron chi connectivity index (χ0n) is 23.0. The largest absolute Gasteiger partial charge is 0.547 e. The second-order valence-electron chi connectivity index (χ2n) is 14.4. The van der Waals surface area contributed by atoms with Gasteiger partial charge in [-0.3, -0.25) is 4.79 Å². The minimum absolute atomic E-state index is 0.216. The second kappa shape index (κ2) is 7.01. The highest BCUT2D eigenvalue weighted by molar-refractivity contribution is 6.70. The van der Waals surface area contributed by atoms with Crippen LogP contribution in [-0.4, -0.2) is 46.5 Å². The van der Waals surface area contributed by atoms with E-state index in [-0.39, 0.29) is 11.2 Å². The maximum Gasteiger partial charge on any atom is 0.241 e. The molecule has 0 amide bonds. The van der Waals surface area contributed by atoms with Crippen molar-refractivity contribution in [3.05, 3.63) is 23.5 Å². The summed E-state index contributed by atoms with van der Waals surface area (Å²) in [5.74, 6) is 1.41. The van der Waals surface area contributed by atoms with Crippen molar-refractivity contribution in [3.63, 3.8) is 0 Å². The summed E-state index contributed by atoms with van der Waals surface area (Å²) in [7, 11) is -2.14. The van der Waals surface area contributed by atoms with Crippen molar-refractivity contribution in [2.45, 2.75) is 115 Å². The lowest BCUT2D eigenvalue weighted by molar-refractivity contribution is -0.374. The minimum Gasteiger partial charge on any atom is -0.547 e. The summed E-state index contributed by atoms with van der Waals surface area (Å²) < 4.78 is 27.5. The van der Waals surface area contributed by atoms with Crippen molar-refractivity contribution in [3.8, 4) is 0 Å². The van der Waals surface area contributed by atoms with Crippen LogP contribution in [0.5, 0.6) is 0 Å². The van der Waals surface area contributed by atoms with Crippen molar-refractivity contribution in [2.75, 3.05) is 7.11 Å². The number of ether oxygens (including phenoxy) is 2. The lowest BCUT2D eigenvalue weighted by atomic mass is 9.42. The monoisotopic (exact) mass is 516 g/mol. The maximum absolute atomic E-state index is 14.8. The topological polar surface area (TPSA) is 54.0 Å². The Bertz CT molecular complexity index is 1040. The first-order chi connectivity index (χ1) is 16.2. The van der Waals surface area contributed by atoms with Gasteiger partial charge in [0.1, 0.15) is 0 Å². The summed E-state index contributed by atoms with van der Waals surface area (Å²) in [6.45, 7) is 16.0. The number of hydrogen-bond acceptors (Lipinski definition) is 5. The van der Waals surface area contributed by atoms with Gasteiger partial charge in [-0.25, -0.2) is 0 Å². The highest BCUT2D eigenvalue weighted by Crippen LogP contribution is 2.77. The third kappa shape index (κ3) is 2.88. The van der Waals surface area contributed by atoms with E-state index in [0.717, 1.165) is 56.3 Å². The van der Waals surface area contributed by atoms with Gasteiger partial charge in [0.25, 0.3) is 0 Å². The average Bonchev–Trinajstić information content (AvgIpc) is 3.21. The number of rotatable bonds is 5. The van der Waals surface area contributed by atoms with Crippen molar-refractivity contribution in [1.29, 1.82) is 0 Å². The molecule has 7 atom stereocenters. The summed E-state index contributed by atoms with van der Waals surface area (Å²) >= 11 is 0. The number of Topliss-reactive ketones (excluding diaryl/α,β-unsaturated/α-hetero) is 1. The summed E-state index contributed by atoms with van der Waals surface area (Å²) in [5, 5.41) is 0. The number of fused-ring (bicyclic) bond motifs is 2. The third-order valence-electron chi connectivity index (χ3n) is 10.4. The maximum atomic E-state index is 14.8. The normalized spacial score (nSPS) is 48.2. The van der Waals surface area contributed by atoms with E-state index in [1.165, 1.54) is 0 Å². The van der Waals surface area contributed by atoms with Crippen LogP contribution in [0.25, 0.3) is 0 Å². The van der Waals surface area contributed by atoms with Gasteiger partial charge in [-0.15, -0.1) is 0 Å². The molecular weight excluding hydrogens is 472 g/mol. The zero-order chi connectivity index (χ0) is 25.3. The summed E-state index contributed by atoms with van der Waals surface area (Å²) in [5.41, 5.74) is -0.983. The molecule has 0 aromatic rings. The van der Waals surface area contributed by atoms with Crippen molar-refractivity contribution in [2.24, 2.45) is 22.7 Å². The van der Waals surface area contributed by atoms with Crippen LogP contribution < -0.4 is 0 Å². The molecule has 2 aliphatic heterocycles. The SMILES string of the molecule is CO[C@@]12CC[C@]3(C)[C@@H](CC=C4[C@@]3(O1)C(=O)C[C@@]13C(O[Si](C)(C)C)=CC[C@@H]1CC[C@@]43O[Si](C)(C)C)C2. The molecule has 5 aliphatic carbocycles. The van der Waals surface area contributed by atoms with Crippen LogP contribution in [0.15, 0.2) is 23.5 Å². The first-order valence-electron chi connectivity index (χ1n) is 13.8. The summed E-state index contributed by atoms with van der Waals surface area (Å²) in [6.07, 6.45) is 11.8. The molecule has 2 spiro atoms. The molecule has 0 radical (unpaired) electrons. The third-order valence-corrected chi connectivity index (χ3v) is 12.2. The van der Waals surface area contributed by atoms with Crippen LogP contribution in [0.3, 0.4) is 0 Å². The molecule has 3 saturated carbocycles. The first-order valence-corrected chi connectivity index (χ1v) is 20.6. The van der Waals surface area contributed by atoms with Gasteiger partial charge in [0.2, 0.25) is 8.32 Å². The van der Waals surface area contributed by atoms with Gasteiger partial charge in [-0.2, -0.15) is 0 Å². The predicted molar refractivity (Wildman–Crippen MR) is 141 cm³/mol. The number of methoxy groups -OCH3 is 1. The van der Waals surface area contributed by atoms with E-state index in [9.17, 15) is 4.79 Å². The molecule has 7 heteroatoms. The molecule has 5 fully saturated rings. The van der Waals surface area contributed by atoms with Gasteiger partial charge in [-0.1, -0.05) is 13.0 Å². The average molecular weight is 517 g/mol. The molecule has 7 aliphatic rings. The molecule has 0 N–H and O–H groups in total. The standard InChI is InChI=1S/C28H44O5Si2/c1-24-15-16-25(30-2)17-20(24)9-11-21-27(33-35(6,7)8)14-13-19-10-12-23(31-34(3,4)5)26(19,27)18-22(29)28(21,24)32-25/h11-12,19-20H,9-10,13-18H2,1-8H3/t19-,20+,24-,25+,26+,27-,28-/m1/s1. The second-order valence-corrected chi connectivity index (χ2v) is 23.3. The van der Waals surface area contributed by atoms with Crippen molar-refractivity contribution >= 4 is 22.4 Å². The Kier molecular flexibility index (Phi) is 4.93. The summed E-state index contributed by atoms with van der Waals surface area (Å²) in [4.78, 5) is 14.8. The van der Waals surface area contributed by atoms with Crippen LogP contribution in [0.2, 0.25) is 39.3 Å². The van der Waals surface area contributed by atoms with Crippen LogP contribution in [-0.2, 0) is 23.1 Å². The Morgan fingerprint density at radius 1 is 0.971 bits per heavy atom. The molecule has 0 aromatic carbocycles. The fourth-order valence-corrected chi connectivity index (χ4v) is 11.6. The van der Waals surface area contributed by atoms with E-state index in [4.69, 9.17) is 18.3 Å². The fraction of sp³-hybridized carbons (Fsp3) is 0.821. The number of hydrogen-bond donors (Lipinski definition) is 0. The molecule has 7 rings (SSSR count). The Morgan fingerprint density at radius 2 is 1.69 bits per heavy atom. The molecule has 35 heavy (non-hydrogen) atoms. The van der Waals surface area contributed by atoms with Crippen molar-refractivity contribution < 1.29 is 23.1 Å². The Hall–Kier alpha value is -0.736. The molecule has 4 bridgehead atoms. The lowest BCUT2D eigenvalue weighted by Crippen LogP contribution is -2.78. The Labute approximate surface area is 213 Å². The molecule has 0 unspecified atom stereocenters. The van der Waals surface area contributed by atoms with E-state index in [2.05, 4.69) is 58.4 Å². The smallest absolute Gasteiger partial charge is 0.241 e. The quantitative estimate of drug-likeness (QED) is 0.315. The summed E-state index contributed by atoms with van der Waals surface area (Å²) in [6, 6.07) is 0. The predicted octanol–water partition coefficient (Wildman–Crippen LogP) is 6.33. The molecule has 2 heterocycles. The van der Waals surface area contributed by atoms with Crippen LogP contribution in [0.1, 0.15) is 58.3 Å². The van der Waals surface area contributed by atoms with E-state index in [1.54, 1.807) is 7.11 Å². The van der Waals surface area contributed by atoms with Crippen LogP contribution in [0, 0.1) is 22.7 Å². The van der Waals surface area contributed by atoms with Gasteiger partial charge in [0.15, 0.2) is 25.5 Å². The number of ketones is 1. The van der Waals surface area contributed by atoms with Gasteiger partial charge in [0.05, 0.1) is 16.8 Å².